The standard InChI is InChI=1S/C19H13NO2/c1-10-12-5-3-2-4-11(12)8-15-13(10)6-7-14-18(15)16(20)9-17(21)19(14)22/h2-9H,20H2,1H3. The van der Waals surface area contributed by atoms with Crippen LogP contribution in [0.5, 0.6) is 0 Å². The number of carbonyl (C=O) groups excluding carboxylic acids is 2. The summed E-state index contributed by atoms with van der Waals surface area (Å²) in [6.07, 6.45) is 1.23. The number of aryl methyl sites for hydroxylation is 1. The number of ketones is 2. The zero-order valence-electron chi connectivity index (χ0n) is 12.0. The van der Waals surface area contributed by atoms with Crippen LogP contribution in [-0.4, -0.2) is 11.6 Å². The number of carbonyl (C=O) groups is 2. The fraction of sp³-hybridized carbons (Fsp3) is 0.0526. The van der Waals surface area contributed by atoms with Gasteiger partial charge in [0.15, 0.2) is 0 Å². The van der Waals surface area contributed by atoms with E-state index < -0.39 is 11.6 Å². The molecule has 0 aromatic heterocycles. The van der Waals surface area contributed by atoms with Crippen molar-refractivity contribution >= 4 is 38.8 Å². The molecule has 106 valence electrons. The summed E-state index contributed by atoms with van der Waals surface area (Å²) in [6, 6.07) is 13.8. The van der Waals surface area contributed by atoms with Crippen LogP contribution >= 0.6 is 0 Å². The smallest absolute Gasteiger partial charge is 0.233 e. The number of nitrogens with two attached hydrogens (primary N) is 1. The van der Waals surface area contributed by atoms with E-state index in [0.29, 0.717) is 16.8 Å². The molecule has 2 N–H and O–H groups in total. The highest BCUT2D eigenvalue weighted by molar-refractivity contribution is 6.51. The molecule has 1 aliphatic carbocycles. The van der Waals surface area contributed by atoms with E-state index in [1.54, 1.807) is 6.07 Å². The Balaban J connectivity index is 2.23. The van der Waals surface area contributed by atoms with E-state index in [1.165, 1.54) is 11.5 Å². The largest absolute Gasteiger partial charge is 0.398 e. The van der Waals surface area contributed by atoms with Crippen molar-refractivity contribution in [2.24, 2.45) is 5.73 Å². The number of Topliss-reactive ketones (excluding diaryl/α,β-unsaturated/α-hetero) is 1. The fourth-order valence-corrected chi connectivity index (χ4v) is 3.27. The van der Waals surface area contributed by atoms with Crippen molar-refractivity contribution in [3.63, 3.8) is 0 Å². The first-order valence-electron chi connectivity index (χ1n) is 7.09. The highest BCUT2D eigenvalue weighted by atomic mass is 16.2. The minimum Gasteiger partial charge on any atom is -0.398 e. The fourth-order valence-electron chi connectivity index (χ4n) is 3.27. The van der Waals surface area contributed by atoms with Crippen LogP contribution in [0.2, 0.25) is 0 Å². The number of hydrogen-bond donors (Lipinski definition) is 1. The minimum absolute atomic E-state index is 0.361. The van der Waals surface area contributed by atoms with Gasteiger partial charge in [0.2, 0.25) is 11.6 Å². The minimum atomic E-state index is -0.554. The molecule has 22 heavy (non-hydrogen) atoms. The number of fused-ring (bicyclic) bond motifs is 4. The van der Waals surface area contributed by atoms with E-state index in [0.717, 1.165) is 21.7 Å². The SMILES string of the molecule is Cc1c2ccccc2cc2c3c(ccc12)C(=O)C(=O)C=C3N. The van der Waals surface area contributed by atoms with Gasteiger partial charge in [-0.1, -0.05) is 30.3 Å². The van der Waals surface area contributed by atoms with Gasteiger partial charge in [-0.05, 0) is 46.2 Å². The summed E-state index contributed by atoms with van der Waals surface area (Å²) >= 11 is 0. The first kappa shape index (κ1) is 12.8. The molecule has 0 bridgehead atoms. The van der Waals surface area contributed by atoms with Gasteiger partial charge in [0.25, 0.3) is 0 Å². The molecule has 3 aromatic rings. The van der Waals surface area contributed by atoms with Crippen LogP contribution in [-0.2, 0) is 4.79 Å². The van der Waals surface area contributed by atoms with Gasteiger partial charge in [0, 0.05) is 22.9 Å². The topological polar surface area (TPSA) is 60.2 Å². The summed E-state index contributed by atoms with van der Waals surface area (Å²) in [5.74, 6) is -1.04. The van der Waals surface area contributed by atoms with Crippen molar-refractivity contribution in [2.75, 3.05) is 0 Å². The lowest BCUT2D eigenvalue weighted by Crippen LogP contribution is -2.21. The average Bonchev–Trinajstić information content (AvgIpc) is 2.52. The van der Waals surface area contributed by atoms with Crippen LogP contribution in [0.4, 0.5) is 0 Å². The molecule has 0 amide bonds. The number of allylic oxidation sites excluding steroid dienone is 1. The Morgan fingerprint density at radius 2 is 1.68 bits per heavy atom. The molecule has 0 fully saturated rings. The molecular formula is C19H13NO2. The highest BCUT2D eigenvalue weighted by Gasteiger charge is 2.26. The molecule has 0 heterocycles. The maximum absolute atomic E-state index is 12.1. The Morgan fingerprint density at radius 3 is 2.50 bits per heavy atom. The van der Waals surface area contributed by atoms with Crippen molar-refractivity contribution in [1.29, 1.82) is 0 Å². The van der Waals surface area contributed by atoms with Crippen LogP contribution in [0, 0.1) is 6.92 Å². The van der Waals surface area contributed by atoms with Gasteiger partial charge in [-0.15, -0.1) is 0 Å². The maximum atomic E-state index is 12.1. The summed E-state index contributed by atoms with van der Waals surface area (Å²) in [6.45, 7) is 2.06. The van der Waals surface area contributed by atoms with Crippen molar-refractivity contribution < 1.29 is 9.59 Å². The van der Waals surface area contributed by atoms with E-state index in [1.807, 2.05) is 30.3 Å². The summed E-state index contributed by atoms with van der Waals surface area (Å²) in [7, 11) is 0. The van der Waals surface area contributed by atoms with Crippen LogP contribution in [0.1, 0.15) is 21.5 Å². The third-order valence-corrected chi connectivity index (χ3v) is 4.36. The Kier molecular flexibility index (Phi) is 2.48. The normalized spacial score (nSPS) is 14.3. The zero-order chi connectivity index (χ0) is 15.4. The molecule has 3 aromatic carbocycles. The van der Waals surface area contributed by atoms with Gasteiger partial charge < -0.3 is 5.73 Å². The lowest BCUT2D eigenvalue weighted by Gasteiger charge is -2.17. The molecule has 0 radical (unpaired) electrons. The van der Waals surface area contributed by atoms with Gasteiger partial charge in [-0.3, -0.25) is 9.59 Å². The van der Waals surface area contributed by atoms with Crippen LogP contribution < -0.4 is 5.73 Å². The second-order valence-corrected chi connectivity index (χ2v) is 5.60. The molecule has 4 rings (SSSR count). The Morgan fingerprint density at radius 1 is 0.909 bits per heavy atom. The molecule has 0 saturated carbocycles. The second kappa shape index (κ2) is 4.28. The monoisotopic (exact) mass is 287 g/mol. The van der Waals surface area contributed by atoms with Crippen LogP contribution in [0.25, 0.3) is 27.2 Å². The van der Waals surface area contributed by atoms with Gasteiger partial charge in [-0.2, -0.15) is 0 Å². The third kappa shape index (κ3) is 1.56. The highest BCUT2D eigenvalue weighted by Crippen LogP contribution is 2.35. The Labute approximate surface area is 127 Å². The van der Waals surface area contributed by atoms with Gasteiger partial charge in [-0.25, -0.2) is 0 Å². The van der Waals surface area contributed by atoms with Gasteiger partial charge in [0.05, 0.1) is 0 Å². The molecule has 3 nitrogen and oxygen atoms in total. The number of hydrogen-bond acceptors (Lipinski definition) is 3. The van der Waals surface area contributed by atoms with Crippen LogP contribution in [0.15, 0.2) is 48.5 Å². The van der Waals surface area contributed by atoms with E-state index in [2.05, 4.69) is 13.0 Å². The number of benzene rings is 3. The molecule has 0 aliphatic heterocycles. The second-order valence-electron chi connectivity index (χ2n) is 5.60. The van der Waals surface area contributed by atoms with Crippen molar-refractivity contribution in [1.82, 2.24) is 0 Å². The van der Waals surface area contributed by atoms with Gasteiger partial charge in [0.1, 0.15) is 0 Å². The lowest BCUT2D eigenvalue weighted by molar-refractivity contribution is -0.111. The van der Waals surface area contributed by atoms with Crippen LogP contribution in [0.3, 0.4) is 0 Å². The third-order valence-electron chi connectivity index (χ3n) is 4.36. The van der Waals surface area contributed by atoms with E-state index in [9.17, 15) is 9.59 Å². The zero-order valence-corrected chi connectivity index (χ0v) is 12.0. The van der Waals surface area contributed by atoms with Crippen molar-refractivity contribution in [3.05, 3.63) is 65.2 Å². The van der Waals surface area contributed by atoms with E-state index >= 15 is 0 Å². The van der Waals surface area contributed by atoms with Crippen molar-refractivity contribution in [2.45, 2.75) is 6.92 Å². The molecule has 0 unspecified atom stereocenters. The van der Waals surface area contributed by atoms with E-state index in [-0.39, 0.29) is 0 Å². The predicted octanol–water partition coefficient (Wildman–Crippen LogP) is 3.37. The first-order chi connectivity index (χ1) is 10.6. The average molecular weight is 287 g/mol. The molecule has 0 saturated heterocycles. The summed E-state index contributed by atoms with van der Waals surface area (Å²) < 4.78 is 0. The molecule has 0 atom stereocenters. The molecular weight excluding hydrogens is 274 g/mol. The Hall–Kier alpha value is -2.94. The molecule has 3 heteroatoms. The summed E-state index contributed by atoms with van der Waals surface area (Å²) in [5, 5.41) is 4.24. The predicted molar refractivity (Wildman–Crippen MR) is 87.7 cm³/mol. The Bertz CT molecular complexity index is 1030. The lowest BCUT2D eigenvalue weighted by atomic mass is 9.86. The van der Waals surface area contributed by atoms with E-state index in [4.69, 9.17) is 5.73 Å². The number of rotatable bonds is 0. The van der Waals surface area contributed by atoms with Crippen molar-refractivity contribution in [3.8, 4) is 0 Å². The first-order valence-corrected chi connectivity index (χ1v) is 7.09. The molecule has 0 spiro atoms. The maximum Gasteiger partial charge on any atom is 0.233 e. The molecule has 1 aliphatic rings. The summed E-state index contributed by atoms with van der Waals surface area (Å²) in [4.78, 5) is 23.8. The van der Waals surface area contributed by atoms with Gasteiger partial charge >= 0.3 is 0 Å². The summed E-state index contributed by atoms with van der Waals surface area (Å²) in [5.41, 5.74) is 8.63. The quantitative estimate of drug-likeness (QED) is 0.509.